The van der Waals surface area contributed by atoms with Crippen LogP contribution < -0.4 is 5.32 Å². The van der Waals surface area contributed by atoms with Crippen LogP contribution in [-0.4, -0.2) is 51.2 Å². The molecule has 1 unspecified atom stereocenters. The number of aromatic amines is 1. The number of hydrogen-bond donors (Lipinski definition) is 2. The molecule has 1 aliphatic carbocycles. The summed E-state index contributed by atoms with van der Waals surface area (Å²) >= 11 is 0. The maximum Gasteiger partial charge on any atom is 0.293 e. The molecule has 2 heterocycles. The van der Waals surface area contributed by atoms with Crippen LogP contribution in [0.1, 0.15) is 55.5 Å². The number of amides is 1. The van der Waals surface area contributed by atoms with Crippen LogP contribution in [0.4, 0.5) is 0 Å². The summed E-state index contributed by atoms with van der Waals surface area (Å²) in [6.45, 7) is 3.95. The monoisotopic (exact) mass is 277 g/mol. The highest BCUT2D eigenvalue weighted by atomic mass is 16.2. The number of aromatic nitrogens is 3. The zero-order chi connectivity index (χ0) is 13.9. The van der Waals surface area contributed by atoms with Gasteiger partial charge in [0.25, 0.3) is 5.91 Å². The number of carbonyl (C=O) groups excluding carboxylic acids is 1. The molecule has 1 atom stereocenters. The van der Waals surface area contributed by atoms with Crippen LogP contribution in [0.15, 0.2) is 0 Å². The highest BCUT2D eigenvalue weighted by Gasteiger charge is 2.36. The molecule has 1 aliphatic heterocycles. The lowest BCUT2D eigenvalue weighted by Gasteiger charge is -2.24. The molecular weight excluding hydrogens is 254 g/mol. The van der Waals surface area contributed by atoms with Gasteiger partial charge in [-0.1, -0.05) is 6.92 Å². The maximum atomic E-state index is 12.6. The SMILES string of the molecule is CCCc1nc(C(=O)N(CC2CCCN2)C2CC2)n[nH]1. The van der Waals surface area contributed by atoms with Crippen molar-refractivity contribution < 1.29 is 4.79 Å². The van der Waals surface area contributed by atoms with Crippen LogP contribution >= 0.6 is 0 Å². The molecule has 1 saturated carbocycles. The quantitative estimate of drug-likeness (QED) is 0.817. The number of carbonyl (C=O) groups is 1. The molecule has 0 aromatic carbocycles. The Morgan fingerprint density at radius 2 is 2.25 bits per heavy atom. The molecular formula is C14H23N5O. The van der Waals surface area contributed by atoms with Crippen LogP contribution in [0.3, 0.4) is 0 Å². The smallest absolute Gasteiger partial charge is 0.293 e. The Bertz CT molecular complexity index is 462. The third-order valence-electron chi connectivity index (χ3n) is 4.04. The number of rotatable bonds is 6. The first kappa shape index (κ1) is 13.5. The fourth-order valence-corrected chi connectivity index (χ4v) is 2.80. The first-order valence-electron chi connectivity index (χ1n) is 7.73. The molecule has 2 N–H and O–H groups in total. The van der Waals surface area contributed by atoms with Crippen molar-refractivity contribution in [3.8, 4) is 0 Å². The Kier molecular flexibility index (Phi) is 4.00. The van der Waals surface area contributed by atoms with Gasteiger partial charge in [-0.15, -0.1) is 5.10 Å². The van der Waals surface area contributed by atoms with Crippen LogP contribution in [-0.2, 0) is 6.42 Å². The molecule has 0 bridgehead atoms. The van der Waals surface area contributed by atoms with Crippen LogP contribution in [0, 0.1) is 0 Å². The summed E-state index contributed by atoms with van der Waals surface area (Å²) in [4.78, 5) is 18.9. The van der Waals surface area contributed by atoms with Gasteiger partial charge >= 0.3 is 0 Å². The van der Waals surface area contributed by atoms with Crippen LogP contribution in [0.25, 0.3) is 0 Å². The molecule has 6 heteroatoms. The summed E-state index contributed by atoms with van der Waals surface area (Å²) in [6.07, 6.45) is 6.44. The second-order valence-corrected chi connectivity index (χ2v) is 5.84. The van der Waals surface area contributed by atoms with E-state index < -0.39 is 0 Å². The molecule has 2 fully saturated rings. The molecule has 110 valence electrons. The zero-order valence-electron chi connectivity index (χ0n) is 12.1. The number of nitrogens with one attached hydrogen (secondary N) is 2. The molecule has 1 aromatic rings. The van der Waals surface area contributed by atoms with Crippen LogP contribution in [0.2, 0.25) is 0 Å². The molecule has 1 saturated heterocycles. The van der Waals surface area contributed by atoms with Crippen molar-refractivity contribution in [2.45, 2.75) is 57.5 Å². The third kappa shape index (κ3) is 3.00. The standard InChI is InChI=1S/C14H23N5O/c1-2-4-12-16-13(18-17-12)14(20)19(11-6-7-11)9-10-5-3-8-15-10/h10-11,15H,2-9H2,1H3,(H,16,17,18). The van der Waals surface area contributed by atoms with E-state index in [9.17, 15) is 4.79 Å². The van der Waals surface area contributed by atoms with E-state index in [1.54, 1.807) is 0 Å². The van der Waals surface area contributed by atoms with Gasteiger partial charge in [0.1, 0.15) is 5.82 Å². The fraction of sp³-hybridized carbons (Fsp3) is 0.786. The van der Waals surface area contributed by atoms with Gasteiger partial charge in [-0.05, 0) is 38.6 Å². The molecule has 3 rings (SSSR count). The largest absolute Gasteiger partial charge is 0.331 e. The first-order valence-corrected chi connectivity index (χ1v) is 7.73. The van der Waals surface area contributed by atoms with Crippen molar-refractivity contribution in [2.75, 3.05) is 13.1 Å². The third-order valence-corrected chi connectivity index (χ3v) is 4.04. The van der Waals surface area contributed by atoms with Gasteiger partial charge in [0, 0.05) is 25.0 Å². The topological polar surface area (TPSA) is 73.9 Å². The van der Waals surface area contributed by atoms with Crippen molar-refractivity contribution in [3.05, 3.63) is 11.6 Å². The normalized spacial score (nSPS) is 22.1. The lowest BCUT2D eigenvalue weighted by molar-refractivity contribution is 0.0716. The van der Waals surface area contributed by atoms with E-state index in [1.165, 1.54) is 6.42 Å². The summed E-state index contributed by atoms with van der Waals surface area (Å²) in [5.74, 6) is 1.13. The number of aryl methyl sites for hydroxylation is 1. The summed E-state index contributed by atoms with van der Waals surface area (Å²) < 4.78 is 0. The minimum Gasteiger partial charge on any atom is -0.331 e. The van der Waals surface area contributed by atoms with E-state index in [0.29, 0.717) is 17.9 Å². The van der Waals surface area contributed by atoms with E-state index in [1.807, 2.05) is 4.90 Å². The number of nitrogens with zero attached hydrogens (tertiary/aromatic N) is 3. The van der Waals surface area contributed by atoms with E-state index >= 15 is 0 Å². The first-order chi connectivity index (χ1) is 9.78. The number of H-pyrrole nitrogens is 1. The molecule has 0 spiro atoms. The Labute approximate surface area is 119 Å². The Hall–Kier alpha value is -1.43. The van der Waals surface area contributed by atoms with Crippen LogP contribution in [0.5, 0.6) is 0 Å². The average Bonchev–Trinajstić information content (AvgIpc) is 2.97. The van der Waals surface area contributed by atoms with Gasteiger partial charge in [-0.25, -0.2) is 4.98 Å². The lowest BCUT2D eigenvalue weighted by atomic mass is 10.2. The minimum absolute atomic E-state index is 0.0141. The van der Waals surface area contributed by atoms with Gasteiger partial charge in [0.15, 0.2) is 0 Å². The molecule has 2 aliphatic rings. The van der Waals surface area contributed by atoms with Gasteiger partial charge in [0.05, 0.1) is 0 Å². The second-order valence-electron chi connectivity index (χ2n) is 5.84. The van der Waals surface area contributed by atoms with E-state index in [2.05, 4.69) is 27.4 Å². The average molecular weight is 277 g/mol. The lowest BCUT2D eigenvalue weighted by Crippen LogP contribution is -2.42. The highest BCUT2D eigenvalue weighted by molar-refractivity contribution is 5.90. The van der Waals surface area contributed by atoms with Gasteiger partial charge in [-0.2, -0.15) is 0 Å². The van der Waals surface area contributed by atoms with Crippen molar-refractivity contribution in [1.82, 2.24) is 25.4 Å². The van der Waals surface area contributed by atoms with Crippen molar-refractivity contribution in [1.29, 1.82) is 0 Å². The summed E-state index contributed by atoms with van der Waals surface area (Å²) in [5.41, 5.74) is 0. The Morgan fingerprint density at radius 3 is 2.90 bits per heavy atom. The van der Waals surface area contributed by atoms with Crippen molar-refractivity contribution in [3.63, 3.8) is 0 Å². The number of hydrogen-bond acceptors (Lipinski definition) is 4. The maximum absolute atomic E-state index is 12.6. The zero-order valence-corrected chi connectivity index (χ0v) is 12.1. The highest BCUT2D eigenvalue weighted by Crippen LogP contribution is 2.28. The Balaban J connectivity index is 1.67. The van der Waals surface area contributed by atoms with E-state index in [-0.39, 0.29) is 5.91 Å². The van der Waals surface area contributed by atoms with Crippen molar-refractivity contribution >= 4 is 5.91 Å². The summed E-state index contributed by atoms with van der Waals surface area (Å²) in [6, 6.07) is 0.839. The molecule has 0 radical (unpaired) electrons. The molecule has 20 heavy (non-hydrogen) atoms. The summed E-state index contributed by atoms with van der Waals surface area (Å²) in [7, 11) is 0. The van der Waals surface area contributed by atoms with Crippen molar-refractivity contribution in [2.24, 2.45) is 0 Å². The van der Waals surface area contributed by atoms with Gasteiger partial charge < -0.3 is 10.2 Å². The van der Waals surface area contributed by atoms with E-state index in [4.69, 9.17) is 0 Å². The fourth-order valence-electron chi connectivity index (χ4n) is 2.80. The molecule has 1 aromatic heterocycles. The molecule has 6 nitrogen and oxygen atoms in total. The molecule has 1 amide bonds. The minimum atomic E-state index is -0.0141. The predicted octanol–water partition coefficient (Wildman–Crippen LogP) is 1.11. The van der Waals surface area contributed by atoms with Gasteiger partial charge in [-0.3, -0.25) is 9.89 Å². The van der Waals surface area contributed by atoms with E-state index in [0.717, 1.165) is 51.0 Å². The Morgan fingerprint density at radius 1 is 1.40 bits per heavy atom. The second kappa shape index (κ2) is 5.91. The van der Waals surface area contributed by atoms with Gasteiger partial charge in [0.2, 0.25) is 5.82 Å². The summed E-state index contributed by atoms with van der Waals surface area (Å²) in [5, 5.41) is 10.4. The predicted molar refractivity (Wildman–Crippen MR) is 75.5 cm³/mol.